The topological polar surface area (TPSA) is 52.6 Å². The van der Waals surface area contributed by atoms with Gasteiger partial charge in [-0.15, -0.1) is 0 Å². The summed E-state index contributed by atoms with van der Waals surface area (Å²) < 4.78 is 0. The van der Waals surface area contributed by atoms with E-state index in [4.69, 9.17) is 5.11 Å². The van der Waals surface area contributed by atoms with E-state index >= 15 is 0 Å². The highest BCUT2D eigenvalue weighted by atomic mass is 16.4. The Morgan fingerprint density at radius 3 is 2.79 bits per heavy atom. The number of nitrogens with zero attached hydrogens (tertiary/aromatic N) is 1. The lowest BCUT2D eigenvalue weighted by atomic mass is 10.1. The summed E-state index contributed by atoms with van der Waals surface area (Å²) in [5.74, 6) is -0.152. The molecule has 0 amide bonds. The second-order valence-corrected chi connectivity index (χ2v) is 5.34. The van der Waals surface area contributed by atoms with Gasteiger partial charge in [0.05, 0.1) is 0 Å². The number of carboxylic acid groups (broad SMARTS) is 1. The van der Waals surface area contributed by atoms with Gasteiger partial charge in [0, 0.05) is 31.2 Å². The van der Waals surface area contributed by atoms with E-state index in [0.29, 0.717) is 12.3 Å². The summed E-state index contributed by atoms with van der Waals surface area (Å²) in [5.41, 5.74) is 1.19. The van der Waals surface area contributed by atoms with Crippen molar-refractivity contribution in [2.75, 3.05) is 24.5 Å². The fraction of sp³-hybridized carbons (Fsp3) is 0.533. The molecule has 2 atom stereocenters. The van der Waals surface area contributed by atoms with Crippen LogP contribution < -0.4 is 10.2 Å². The molecule has 2 rings (SSSR count). The third-order valence-electron chi connectivity index (χ3n) is 3.60. The minimum atomic E-state index is -0.717. The van der Waals surface area contributed by atoms with Gasteiger partial charge < -0.3 is 15.3 Å². The van der Waals surface area contributed by atoms with Crippen LogP contribution >= 0.6 is 0 Å². The fourth-order valence-electron chi connectivity index (χ4n) is 2.64. The molecule has 0 aliphatic carbocycles. The predicted octanol–water partition coefficient (Wildman–Crippen LogP) is 1.97. The minimum absolute atomic E-state index is 0.226. The Bertz CT molecular complexity index is 408. The lowest BCUT2D eigenvalue weighted by molar-refractivity contribution is -0.137. The van der Waals surface area contributed by atoms with Crippen LogP contribution in [0.1, 0.15) is 19.8 Å². The monoisotopic (exact) mass is 262 g/mol. The Balaban J connectivity index is 2.14. The Morgan fingerprint density at radius 1 is 1.37 bits per heavy atom. The molecular weight excluding hydrogens is 240 g/mol. The predicted molar refractivity (Wildman–Crippen MR) is 76.5 cm³/mol. The van der Waals surface area contributed by atoms with Crippen molar-refractivity contribution in [1.29, 1.82) is 0 Å². The first-order valence-corrected chi connectivity index (χ1v) is 6.91. The van der Waals surface area contributed by atoms with Crippen LogP contribution in [0.25, 0.3) is 0 Å². The van der Waals surface area contributed by atoms with E-state index in [1.807, 2.05) is 18.2 Å². The lowest BCUT2D eigenvalue weighted by Gasteiger charge is -2.32. The summed E-state index contributed by atoms with van der Waals surface area (Å²) in [7, 11) is 0. The average Bonchev–Trinajstić information content (AvgIpc) is 2.59. The van der Waals surface area contributed by atoms with Gasteiger partial charge in [0.2, 0.25) is 0 Å². The van der Waals surface area contributed by atoms with Gasteiger partial charge in [-0.25, -0.2) is 0 Å². The summed E-state index contributed by atoms with van der Waals surface area (Å²) in [6, 6.07) is 10.5. The van der Waals surface area contributed by atoms with E-state index < -0.39 is 5.97 Å². The lowest BCUT2D eigenvalue weighted by Crippen LogP contribution is -2.40. The highest BCUT2D eigenvalue weighted by Crippen LogP contribution is 2.22. The molecule has 1 aromatic rings. The van der Waals surface area contributed by atoms with Crippen LogP contribution in [0, 0.1) is 5.92 Å². The Morgan fingerprint density at radius 2 is 2.11 bits per heavy atom. The standard InChI is InChI=1S/C15H22N2O2/c1-12-9-16-10-14(7-8-15(18)19)17(11-12)13-5-3-2-4-6-13/h2-6,12,14,16H,7-11H2,1H3,(H,18,19). The molecule has 4 heteroatoms. The first kappa shape index (κ1) is 13.9. The third kappa shape index (κ3) is 3.96. The number of nitrogens with one attached hydrogen (secondary N) is 1. The molecule has 0 aromatic heterocycles. The number of carboxylic acids is 1. The van der Waals surface area contributed by atoms with Gasteiger partial charge >= 0.3 is 5.97 Å². The molecule has 2 N–H and O–H groups in total. The molecule has 1 aromatic carbocycles. The summed E-state index contributed by atoms with van der Waals surface area (Å²) >= 11 is 0. The van der Waals surface area contributed by atoms with E-state index in [1.54, 1.807) is 0 Å². The molecule has 1 aliphatic heterocycles. The molecular formula is C15H22N2O2. The second kappa shape index (κ2) is 6.57. The first-order valence-electron chi connectivity index (χ1n) is 6.91. The maximum absolute atomic E-state index is 10.8. The molecule has 0 spiro atoms. The SMILES string of the molecule is CC1CNCC(CCC(=O)O)N(c2ccccc2)C1. The van der Waals surface area contributed by atoms with Crippen LogP contribution in [0.15, 0.2) is 30.3 Å². The molecule has 1 fully saturated rings. The maximum atomic E-state index is 10.8. The van der Waals surface area contributed by atoms with Crippen molar-refractivity contribution in [3.05, 3.63) is 30.3 Å². The number of hydrogen-bond donors (Lipinski definition) is 2. The normalized spacial score (nSPS) is 23.9. The average molecular weight is 262 g/mol. The van der Waals surface area contributed by atoms with Crippen molar-refractivity contribution >= 4 is 11.7 Å². The van der Waals surface area contributed by atoms with Crippen molar-refractivity contribution in [3.63, 3.8) is 0 Å². The van der Waals surface area contributed by atoms with Gasteiger partial charge in [-0.1, -0.05) is 25.1 Å². The number of aliphatic carboxylic acids is 1. The number of hydrogen-bond acceptors (Lipinski definition) is 3. The second-order valence-electron chi connectivity index (χ2n) is 5.34. The minimum Gasteiger partial charge on any atom is -0.481 e. The Hall–Kier alpha value is -1.55. The molecule has 1 heterocycles. The Labute approximate surface area is 114 Å². The van der Waals surface area contributed by atoms with Gasteiger partial charge in [-0.05, 0) is 31.0 Å². The number of para-hydroxylation sites is 1. The van der Waals surface area contributed by atoms with Gasteiger partial charge in [-0.2, -0.15) is 0 Å². The summed E-state index contributed by atoms with van der Waals surface area (Å²) in [6.45, 7) is 5.04. The van der Waals surface area contributed by atoms with Crippen LogP contribution in [0.5, 0.6) is 0 Å². The van der Waals surface area contributed by atoms with Crippen LogP contribution in [0.2, 0.25) is 0 Å². The largest absolute Gasteiger partial charge is 0.481 e. The van der Waals surface area contributed by atoms with Gasteiger partial charge in [0.1, 0.15) is 0 Å². The third-order valence-corrected chi connectivity index (χ3v) is 3.60. The van der Waals surface area contributed by atoms with Gasteiger partial charge in [0.15, 0.2) is 0 Å². The number of benzene rings is 1. The smallest absolute Gasteiger partial charge is 0.303 e. The van der Waals surface area contributed by atoms with Gasteiger partial charge in [-0.3, -0.25) is 4.79 Å². The van der Waals surface area contributed by atoms with Crippen LogP contribution in [-0.4, -0.2) is 36.8 Å². The van der Waals surface area contributed by atoms with E-state index in [-0.39, 0.29) is 12.5 Å². The van der Waals surface area contributed by atoms with E-state index in [9.17, 15) is 4.79 Å². The van der Waals surface area contributed by atoms with Crippen LogP contribution in [0.4, 0.5) is 5.69 Å². The summed E-state index contributed by atoms with van der Waals surface area (Å²) in [5, 5.41) is 12.3. The Kier molecular flexibility index (Phi) is 4.80. The molecule has 1 saturated heterocycles. The van der Waals surface area contributed by atoms with E-state index in [0.717, 1.165) is 19.6 Å². The zero-order valence-electron chi connectivity index (χ0n) is 11.4. The zero-order chi connectivity index (χ0) is 13.7. The fourth-order valence-corrected chi connectivity index (χ4v) is 2.64. The van der Waals surface area contributed by atoms with Crippen molar-refractivity contribution in [1.82, 2.24) is 5.32 Å². The summed E-state index contributed by atoms with van der Waals surface area (Å²) in [6.07, 6.45) is 0.911. The van der Waals surface area contributed by atoms with Crippen molar-refractivity contribution in [2.24, 2.45) is 5.92 Å². The molecule has 104 valence electrons. The maximum Gasteiger partial charge on any atom is 0.303 e. The zero-order valence-corrected chi connectivity index (χ0v) is 11.4. The van der Waals surface area contributed by atoms with Crippen LogP contribution in [-0.2, 0) is 4.79 Å². The molecule has 4 nitrogen and oxygen atoms in total. The quantitative estimate of drug-likeness (QED) is 0.871. The first-order chi connectivity index (χ1) is 9.16. The molecule has 19 heavy (non-hydrogen) atoms. The van der Waals surface area contributed by atoms with E-state index in [2.05, 4.69) is 29.3 Å². The number of anilines is 1. The van der Waals surface area contributed by atoms with Crippen LogP contribution in [0.3, 0.4) is 0 Å². The highest BCUT2D eigenvalue weighted by molar-refractivity contribution is 5.66. The molecule has 2 unspecified atom stereocenters. The highest BCUT2D eigenvalue weighted by Gasteiger charge is 2.24. The summed E-state index contributed by atoms with van der Waals surface area (Å²) in [4.78, 5) is 13.2. The molecule has 0 saturated carbocycles. The van der Waals surface area contributed by atoms with Crippen molar-refractivity contribution < 1.29 is 9.90 Å². The number of carbonyl (C=O) groups is 1. The van der Waals surface area contributed by atoms with Crippen molar-refractivity contribution in [2.45, 2.75) is 25.8 Å². The van der Waals surface area contributed by atoms with Gasteiger partial charge in [0.25, 0.3) is 0 Å². The number of rotatable bonds is 4. The molecule has 0 bridgehead atoms. The van der Waals surface area contributed by atoms with E-state index in [1.165, 1.54) is 5.69 Å². The molecule has 1 aliphatic rings. The van der Waals surface area contributed by atoms with Crippen molar-refractivity contribution in [3.8, 4) is 0 Å². The molecule has 0 radical (unpaired) electrons.